The lowest BCUT2D eigenvalue weighted by Crippen LogP contribution is -2.45. The van der Waals surface area contributed by atoms with Gasteiger partial charge in [0, 0.05) is 5.41 Å². The molecule has 0 bridgehead atoms. The molecule has 0 radical (unpaired) electrons. The highest BCUT2D eigenvalue weighted by atomic mass is 14.7. The fraction of sp³-hybridized carbons (Fsp3) is 0.840. The van der Waals surface area contributed by atoms with E-state index >= 15 is 0 Å². The Morgan fingerprint density at radius 3 is 2.36 bits per heavy atom. The van der Waals surface area contributed by atoms with Crippen LogP contribution >= 0.6 is 0 Å². The Hall–Kier alpha value is -0.520. The SMILES string of the molecule is CC1C=C2CCC3C(=CCC4(C)C(C5CC5)[C@@H](C)[C@@H](C)C34)C2(C)CC1. The lowest BCUT2D eigenvalue weighted by atomic mass is 9.50. The molecule has 8 atom stereocenters. The van der Waals surface area contributed by atoms with Gasteiger partial charge in [0.1, 0.15) is 0 Å². The summed E-state index contributed by atoms with van der Waals surface area (Å²) in [6, 6.07) is 0. The molecule has 5 aliphatic carbocycles. The fourth-order valence-electron chi connectivity index (χ4n) is 8.53. The predicted molar refractivity (Wildman–Crippen MR) is 106 cm³/mol. The molecule has 6 unspecified atom stereocenters. The predicted octanol–water partition coefficient (Wildman–Crippen LogP) is 7.02. The van der Waals surface area contributed by atoms with Crippen LogP contribution in [0.5, 0.6) is 0 Å². The van der Waals surface area contributed by atoms with Gasteiger partial charge < -0.3 is 0 Å². The Balaban J connectivity index is 1.56. The van der Waals surface area contributed by atoms with E-state index < -0.39 is 0 Å². The van der Waals surface area contributed by atoms with Gasteiger partial charge in [-0.3, -0.25) is 0 Å². The minimum absolute atomic E-state index is 0.414. The van der Waals surface area contributed by atoms with Crippen molar-refractivity contribution in [1.29, 1.82) is 0 Å². The van der Waals surface area contributed by atoms with Crippen LogP contribution in [0.25, 0.3) is 0 Å². The molecule has 0 aliphatic heterocycles. The third-order valence-corrected chi connectivity index (χ3v) is 9.87. The van der Waals surface area contributed by atoms with E-state index in [1.165, 1.54) is 44.9 Å². The minimum atomic E-state index is 0.414. The molecular weight excluding hydrogens is 300 g/mol. The molecule has 0 nitrogen and oxygen atoms in total. The molecule has 5 aliphatic rings. The summed E-state index contributed by atoms with van der Waals surface area (Å²) in [5, 5.41) is 0. The number of hydrogen-bond acceptors (Lipinski definition) is 0. The highest BCUT2D eigenvalue weighted by Crippen LogP contribution is 2.70. The molecule has 0 N–H and O–H groups in total. The van der Waals surface area contributed by atoms with Crippen LogP contribution < -0.4 is 0 Å². The van der Waals surface area contributed by atoms with Gasteiger partial charge in [-0.25, -0.2) is 0 Å². The molecule has 0 aromatic rings. The summed E-state index contributed by atoms with van der Waals surface area (Å²) < 4.78 is 0. The molecule has 0 heterocycles. The van der Waals surface area contributed by atoms with E-state index in [0.717, 1.165) is 41.4 Å². The zero-order valence-corrected chi connectivity index (χ0v) is 17.1. The first kappa shape index (κ1) is 16.6. The van der Waals surface area contributed by atoms with Crippen molar-refractivity contribution in [2.24, 2.45) is 52.3 Å². The molecule has 0 aromatic heterocycles. The van der Waals surface area contributed by atoms with Gasteiger partial charge in [-0.15, -0.1) is 0 Å². The van der Waals surface area contributed by atoms with Crippen molar-refractivity contribution >= 4 is 0 Å². The second-order valence-electron chi connectivity index (χ2n) is 11.2. The third-order valence-electron chi connectivity index (χ3n) is 9.87. The zero-order chi connectivity index (χ0) is 17.6. The van der Waals surface area contributed by atoms with E-state index in [1.54, 1.807) is 5.57 Å². The summed E-state index contributed by atoms with van der Waals surface area (Å²) in [6.07, 6.45) is 15.5. The number of allylic oxidation sites excluding steroid dienone is 4. The first-order chi connectivity index (χ1) is 11.9. The maximum Gasteiger partial charge on any atom is 0.00954 e. The topological polar surface area (TPSA) is 0 Å². The van der Waals surface area contributed by atoms with Gasteiger partial charge in [-0.05, 0) is 91.8 Å². The van der Waals surface area contributed by atoms with E-state index in [9.17, 15) is 0 Å². The van der Waals surface area contributed by atoms with Gasteiger partial charge in [0.2, 0.25) is 0 Å². The number of rotatable bonds is 1. The van der Waals surface area contributed by atoms with Gasteiger partial charge in [0.15, 0.2) is 0 Å². The summed E-state index contributed by atoms with van der Waals surface area (Å²) in [4.78, 5) is 0. The van der Waals surface area contributed by atoms with Crippen molar-refractivity contribution in [2.75, 3.05) is 0 Å². The Morgan fingerprint density at radius 1 is 0.920 bits per heavy atom. The quantitative estimate of drug-likeness (QED) is 0.450. The van der Waals surface area contributed by atoms with Crippen LogP contribution in [-0.2, 0) is 0 Å². The summed E-state index contributed by atoms with van der Waals surface area (Å²) in [6.45, 7) is 13.0. The smallest absolute Gasteiger partial charge is 0.00954 e. The second kappa shape index (κ2) is 5.26. The summed E-state index contributed by atoms with van der Waals surface area (Å²) in [7, 11) is 0. The van der Waals surface area contributed by atoms with Gasteiger partial charge in [0.25, 0.3) is 0 Å². The van der Waals surface area contributed by atoms with Crippen molar-refractivity contribution in [3.8, 4) is 0 Å². The van der Waals surface area contributed by atoms with Crippen LogP contribution in [0.15, 0.2) is 23.3 Å². The second-order valence-corrected chi connectivity index (χ2v) is 11.2. The lowest BCUT2D eigenvalue weighted by molar-refractivity contribution is 0.0598. The van der Waals surface area contributed by atoms with E-state index in [0.29, 0.717) is 10.8 Å². The monoisotopic (exact) mass is 338 g/mol. The molecule has 0 amide bonds. The Morgan fingerprint density at radius 2 is 1.64 bits per heavy atom. The van der Waals surface area contributed by atoms with Crippen molar-refractivity contribution in [3.63, 3.8) is 0 Å². The van der Waals surface area contributed by atoms with Crippen LogP contribution in [0.1, 0.15) is 79.6 Å². The summed E-state index contributed by atoms with van der Waals surface area (Å²) in [5.41, 5.74) is 4.69. The van der Waals surface area contributed by atoms with Crippen LogP contribution in [0.4, 0.5) is 0 Å². The van der Waals surface area contributed by atoms with E-state index in [1.807, 2.05) is 5.57 Å². The molecule has 0 saturated heterocycles. The molecule has 0 aromatic carbocycles. The standard InChI is InChI=1S/C25H38/c1-15-10-12-24(4)19(14-15)8-9-20-21(24)11-13-25(5)22(18-6-7-18)16(2)17(3)23(20)25/h11,14-18,20,22-23H,6-10,12-13H2,1-5H3/t15?,16-,17+,20?,22?,23?,24?,25?/m0/s1. The molecule has 0 spiro atoms. The Kier molecular flexibility index (Phi) is 3.50. The highest BCUT2D eigenvalue weighted by Gasteiger charge is 2.62. The Bertz CT molecular complexity index is 634. The van der Waals surface area contributed by atoms with Gasteiger partial charge >= 0.3 is 0 Å². The molecule has 5 rings (SSSR count). The highest BCUT2D eigenvalue weighted by molar-refractivity contribution is 5.39. The number of fused-ring (bicyclic) bond motifs is 5. The lowest BCUT2D eigenvalue weighted by Gasteiger charge is -2.55. The average Bonchev–Trinajstić information content (AvgIpc) is 3.36. The van der Waals surface area contributed by atoms with Gasteiger partial charge in [0.05, 0.1) is 0 Å². The Labute approximate surface area is 155 Å². The maximum absolute atomic E-state index is 2.78. The zero-order valence-electron chi connectivity index (χ0n) is 17.1. The molecular formula is C25H38. The average molecular weight is 339 g/mol. The largest absolute Gasteiger partial charge is 0.0836 e. The first-order valence-corrected chi connectivity index (χ1v) is 11.3. The van der Waals surface area contributed by atoms with Crippen molar-refractivity contribution in [1.82, 2.24) is 0 Å². The molecule has 138 valence electrons. The van der Waals surface area contributed by atoms with Crippen molar-refractivity contribution < 1.29 is 0 Å². The van der Waals surface area contributed by atoms with E-state index in [2.05, 4.69) is 46.8 Å². The third kappa shape index (κ3) is 2.12. The van der Waals surface area contributed by atoms with Crippen molar-refractivity contribution in [3.05, 3.63) is 23.3 Å². The normalized spacial score (nSPS) is 54.9. The van der Waals surface area contributed by atoms with Gasteiger partial charge in [-0.2, -0.15) is 0 Å². The van der Waals surface area contributed by atoms with Crippen LogP contribution in [0.2, 0.25) is 0 Å². The number of hydrogen-bond donors (Lipinski definition) is 0. The van der Waals surface area contributed by atoms with Gasteiger partial charge in [-0.1, -0.05) is 57.9 Å². The van der Waals surface area contributed by atoms with E-state index in [-0.39, 0.29) is 0 Å². The fourth-order valence-corrected chi connectivity index (χ4v) is 8.53. The molecule has 25 heavy (non-hydrogen) atoms. The summed E-state index contributed by atoms with van der Waals surface area (Å²) >= 11 is 0. The van der Waals surface area contributed by atoms with Crippen LogP contribution in [0, 0.1) is 52.3 Å². The first-order valence-electron chi connectivity index (χ1n) is 11.3. The summed E-state index contributed by atoms with van der Waals surface area (Å²) in [5.74, 6) is 6.56. The van der Waals surface area contributed by atoms with Crippen LogP contribution in [0.3, 0.4) is 0 Å². The molecule has 3 saturated carbocycles. The van der Waals surface area contributed by atoms with Crippen molar-refractivity contribution in [2.45, 2.75) is 79.6 Å². The minimum Gasteiger partial charge on any atom is -0.0836 e. The molecule has 0 heteroatoms. The van der Waals surface area contributed by atoms with Crippen LogP contribution in [-0.4, -0.2) is 0 Å². The molecule has 3 fully saturated rings. The van der Waals surface area contributed by atoms with E-state index in [4.69, 9.17) is 0 Å². The maximum atomic E-state index is 2.78.